The lowest BCUT2D eigenvalue weighted by atomic mass is 10.5. The number of nitrogens with zero attached hydrogens (tertiary/aromatic N) is 1. The van der Waals surface area contributed by atoms with Gasteiger partial charge >= 0.3 is 0 Å². The van der Waals surface area contributed by atoms with Crippen LogP contribution in [0.25, 0.3) is 0 Å². The van der Waals surface area contributed by atoms with Gasteiger partial charge in [-0.3, -0.25) is 5.84 Å². The van der Waals surface area contributed by atoms with E-state index >= 15 is 0 Å². The number of halogens is 3. The summed E-state index contributed by atoms with van der Waals surface area (Å²) < 4.78 is 1.73. The molecule has 0 bridgehead atoms. The Balaban J connectivity index is 0. The molecular weight excluding hydrogens is 295 g/mol. The number of nitrogens with two attached hydrogens (primary N) is 1. The van der Waals surface area contributed by atoms with Crippen molar-refractivity contribution in [3.05, 3.63) is 22.1 Å². The van der Waals surface area contributed by atoms with Gasteiger partial charge in [-0.15, -0.1) is 12.4 Å². The molecule has 0 unspecified atom stereocenters. The number of hydrogen-bond acceptors (Lipinski definition) is 2. The molecule has 0 radical (unpaired) electrons. The molecule has 0 spiro atoms. The molecule has 2 nitrogen and oxygen atoms in total. The van der Waals surface area contributed by atoms with Gasteiger partial charge in [0.1, 0.15) is 0 Å². The molecule has 0 aromatic rings. The third-order valence-electron chi connectivity index (χ3n) is 0.749. The molecule has 2 N–H and O–H groups in total. The van der Waals surface area contributed by atoms with E-state index in [9.17, 15) is 0 Å². The maximum absolute atomic E-state index is 5.53. The van der Waals surface area contributed by atoms with Crippen LogP contribution in [0.3, 0.4) is 0 Å². The average Bonchev–Trinajstić information content (AvgIpc) is 1.58. The molecule has 0 amide bonds. The summed E-state index contributed by atoms with van der Waals surface area (Å²) in [7, 11) is 0. The molecule has 0 heterocycles. The van der Waals surface area contributed by atoms with Crippen molar-refractivity contribution < 1.29 is 0 Å². The molecule has 66 valence electrons. The summed E-state index contributed by atoms with van der Waals surface area (Å²) in [6.07, 6.45) is 0. The van der Waals surface area contributed by atoms with Crippen molar-refractivity contribution >= 4 is 44.3 Å². The quantitative estimate of drug-likeness (QED) is 0.638. The number of hydrazine groups is 1. The second kappa shape index (κ2) is 7.31. The van der Waals surface area contributed by atoms with Gasteiger partial charge in [-0.2, -0.15) is 0 Å². The zero-order valence-corrected chi connectivity index (χ0v) is 10.0. The van der Waals surface area contributed by atoms with Gasteiger partial charge in [0.05, 0.1) is 0 Å². The average molecular weight is 306 g/mol. The summed E-state index contributed by atoms with van der Waals surface area (Å²) in [6, 6.07) is 0. The molecule has 0 aliphatic heterocycles. The number of hydrogen-bond donors (Lipinski definition) is 1. The Morgan fingerprint density at radius 2 is 1.45 bits per heavy atom. The smallest absolute Gasteiger partial charge is 0.0443 e. The Morgan fingerprint density at radius 3 is 1.64 bits per heavy atom. The maximum atomic E-state index is 5.53. The monoisotopic (exact) mass is 304 g/mol. The molecule has 0 aromatic carbocycles. The van der Waals surface area contributed by atoms with Crippen LogP contribution in [-0.4, -0.2) is 18.1 Å². The van der Waals surface area contributed by atoms with E-state index in [-0.39, 0.29) is 12.4 Å². The summed E-state index contributed by atoms with van der Waals surface area (Å²) in [6.45, 7) is 8.56. The van der Waals surface area contributed by atoms with Gasteiger partial charge in [0, 0.05) is 22.1 Å². The van der Waals surface area contributed by atoms with E-state index in [0.717, 1.165) is 8.96 Å². The summed E-state index contributed by atoms with van der Waals surface area (Å²) in [5.74, 6) is 5.53. The third-order valence-corrected chi connectivity index (χ3v) is 1.25. The van der Waals surface area contributed by atoms with Crippen molar-refractivity contribution in [1.29, 1.82) is 0 Å². The van der Waals surface area contributed by atoms with Gasteiger partial charge in [-0.1, -0.05) is 45.0 Å². The van der Waals surface area contributed by atoms with Crippen LogP contribution in [0.1, 0.15) is 0 Å². The lowest BCUT2D eigenvalue weighted by Gasteiger charge is -2.13. The van der Waals surface area contributed by atoms with E-state index < -0.39 is 0 Å². The van der Waals surface area contributed by atoms with Crippen LogP contribution in [0.15, 0.2) is 22.1 Å². The van der Waals surface area contributed by atoms with Crippen LogP contribution in [0.2, 0.25) is 0 Å². The minimum absolute atomic E-state index is 0. The molecule has 0 aromatic heterocycles. The minimum atomic E-state index is 0. The summed E-state index contributed by atoms with van der Waals surface area (Å²) in [5, 5.41) is 1.61. The molecule has 11 heavy (non-hydrogen) atoms. The van der Waals surface area contributed by atoms with E-state index in [1.54, 1.807) is 5.01 Å². The van der Waals surface area contributed by atoms with E-state index in [1.165, 1.54) is 0 Å². The highest BCUT2D eigenvalue weighted by atomic mass is 79.9. The predicted octanol–water partition coefficient (Wildman–Crippen LogP) is 2.40. The van der Waals surface area contributed by atoms with E-state index in [0.29, 0.717) is 13.1 Å². The van der Waals surface area contributed by atoms with Gasteiger partial charge in [-0.05, 0) is 0 Å². The fourth-order valence-corrected chi connectivity index (χ4v) is 1.14. The van der Waals surface area contributed by atoms with Crippen LogP contribution in [-0.2, 0) is 0 Å². The minimum Gasteiger partial charge on any atom is -0.268 e. The highest BCUT2D eigenvalue weighted by molar-refractivity contribution is 9.12. The molecule has 5 heteroatoms. The second-order valence-corrected chi connectivity index (χ2v) is 4.18. The first-order valence-electron chi connectivity index (χ1n) is 2.68. The van der Waals surface area contributed by atoms with E-state index in [1.807, 2.05) is 0 Å². The van der Waals surface area contributed by atoms with Crippen molar-refractivity contribution in [3.8, 4) is 0 Å². The standard InChI is InChI=1S/C6H10Br2N2.ClH/c1-5(7)3-10(9)4-6(2)8;/h1-4,9H2;1H. The van der Waals surface area contributed by atoms with Gasteiger partial charge in [0.2, 0.25) is 0 Å². The first kappa shape index (κ1) is 14.2. The first-order chi connectivity index (χ1) is 4.52. The maximum Gasteiger partial charge on any atom is 0.0443 e. The van der Waals surface area contributed by atoms with E-state index in [4.69, 9.17) is 5.84 Å². The van der Waals surface area contributed by atoms with Crippen LogP contribution < -0.4 is 5.84 Å². The van der Waals surface area contributed by atoms with Gasteiger partial charge < -0.3 is 0 Å². The molecule has 0 atom stereocenters. The Labute approximate surface area is 90.1 Å². The molecule has 0 rings (SSSR count). The third kappa shape index (κ3) is 10.7. The lowest BCUT2D eigenvalue weighted by Crippen LogP contribution is -2.32. The SMILES string of the molecule is C=C(Br)CN(N)CC(=C)Br.Cl. The highest BCUT2D eigenvalue weighted by Crippen LogP contribution is 2.05. The molecule has 0 saturated heterocycles. The second-order valence-electron chi connectivity index (χ2n) is 1.94. The molecule has 0 aliphatic rings. The fraction of sp³-hybridized carbons (Fsp3) is 0.333. The summed E-state index contributed by atoms with van der Waals surface area (Å²) in [4.78, 5) is 0. The van der Waals surface area contributed by atoms with Crippen LogP contribution >= 0.6 is 44.3 Å². The van der Waals surface area contributed by atoms with Gasteiger partial charge in [0.25, 0.3) is 0 Å². The van der Waals surface area contributed by atoms with Gasteiger partial charge in [0.15, 0.2) is 0 Å². The van der Waals surface area contributed by atoms with Crippen molar-refractivity contribution in [2.75, 3.05) is 13.1 Å². The van der Waals surface area contributed by atoms with Crippen LogP contribution in [0, 0.1) is 0 Å². The van der Waals surface area contributed by atoms with Crippen molar-refractivity contribution in [2.24, 2.45) is 5.84 Å². The fourth-order valence-electron chi connectivity index (χ4n) is 0.497. The normalized spacial score (nSPS) is 9.09. The first-order valence-corrected chi connectivity index (χ1v) is 4.27. The molecule has 0 fully saturated rings. The predicted molar refractivity (Wildman–Crippen MR) is 59.1 cm³/mol. The summed E-state index contributed by atoms with van der Waals surface area (Å²) >= 11 is 6.41. The molecular formula is C6H11Br2ClN2. The molecule has 0 aliphatic carbocycles. The Kier molecular flexibility index (Phi) is 9.43. The lowest BCUT2D eigenvalue weighted by molar-refractivity contribution is 0.347. The zero-order chi connectivity index (χ0) is 8.15. The Hall–Kier alpha value is 0.650. The molecule has 0 saturated carbocycles. The van der Waals surface area contributed by atoms with E-state index in [2.05, 4.69) is 45.0 Å². The summed E-state index contributed by atoms with van der Waals surface area (Å²) in [5.41, 5.74) is 0. The van der Waals surface area contributed by atoms with Crippen molar-refractivity contribution in [1.82, 2.24) is 5.01 Å². The number of rotatable bonds is 4. The Bertz CT molecular complexity index is 134. The van der Waals surface area contributed by atoms with Crippen LogP contribution in [0.4, 0.5) is 0 Å². The van der Waals surface area contributed by atoms with Gasteiger partial charge in [-0.25, -0.2) is 5.01 Å². The van der Waals surface area contributed by atoms with Crippen LogP contribution in [0.5, 0.6) is 0 Å². The highest BCUT2D eigenvalue weighted by Gasteiger charge is 1.98. The van der Waals surface area contributed by atoms with Crippen molar-refractivity contribution in [3.63, 3.8) is 0 Å². The zero-order valence-electron chi connectivity index (χ0n) is 6.02. The van der Waals surface area contributed by atoms with Crippen molar-refractivity contribution in [2.45, 2.75) is 0 Å². The largest absolute Gasteiger partial charge is 0.268 e. The Morgan fingerprint density at radius 1 is 1.18 bits per heavy atom. The topological polar surface area (TPSA) is 29.3 Å².